The molecule has 0 radical (unpaired) electrons. The van der Waals surface area contributed by atoms with E-state index in [1.54, 1.807) is 0 Å². The second-order valence-corrected chi connectivity index (χ2v) is 13.0. The zero-order chi connectivity index (χ0) is 30.8. The number of methoxy groups -OCH3 is 1. The van der Waals surface area contributed by atoms with Crippen LogP contribution in [-0.2, 0) is 15.1 Å². The van der Waals surface area contributed by atoms with E-state index in [0.29, 0.717) is 25.1 Å². The van der Waals surface area contributed by atoms with Gasteiger partial charge in [-0.1, -0.05) is 54.6 Å². The van der Waals surface area contributed by atoms with Crippen molar-refractivity contribution in [2.75, 3.05) is 12.4 Å². The minimum atomic E-state index is -0.711. The Hall–Kier alpha value is -3.75. The number of carbonyl (C=O) groups is 2. The van der Waals surface area contributed by atoms with E-state index in [2.05, 4.69) is 34.6 Å². The van der Waals surface area contributed by atoms with Gasteiger partial charge in [-0.05, 0) is 93.5 Å². The number of anilines is 1. The van der Waals surface area contributed by atoms with Crippen LogP contribution in [0.1, 0.15) is 71.3 Å². The average Bonchev–Trinajstić information content (AvgIpc) is 2.97. The van der Waals surface area contributed by atoms with Crippen LogP contribution < -0.4 is 11.1 Å². The molecule has 1 aromatic heterocycles. The molecule has 0 aliphatic heterocycles. The van der Waals surface area contributed by atoms with Crippen molar-refractivity contribution in [2.24, 2.45) is 11.7 Å². The number of benzene rings is 2. The molecule has 2 aliphatic rings. The molecule has 3 aromatic rings. The van der Waals surface area contributed by atoms with E-state index in [-0.39, 0.29) is 30.0 Å². The summed E-state index contributed by atoms with van der Waals surface area (Å²) in [7, 11) is 1.42. The van der Waals surface area contributed by atoms with Crippen LogP contribution in [-0.4, -0.2) is 51.8 Å². The summed E-state index contributed by atoms with van der Waals surface area (Å²) in [4.78, 5) is 31.8. The van der Waals surface area contributed by atoms with Crippen LogP contribution in [0.4, 0.5) is 10.6 Å². The van der Waals surface area contributed by atoms with Gasteiger partial charge in [0, 0.05) is 35.8 Å². The molecule has 0 bridgehead atoms. The van der Waals surface area contributed by atoms with Gasteiger partial charge in [-0.25, -0.2) is 9.78 Å². The summed E-state index contributed by atoms with van der Waals surface area (Å²) >= 11 is 0. The molecular weight excluding hydrogens is 540 g/mol. The van der Waals surface area contributed by atoms with Crippen molar-refractivity contribution in [1.29, 1.82) is 0 Å². The summed E-state index contributed by atoms with van der Waals surface area (Å²) in [6.45, 7) is 5.83. The lowest BCUT2D eigenvalue weighted by Gasteiger charge is -2.49. The Labute approximate surface area is 254 Å². The number of hydrogen-bond acceptors (Lipinski definition) is 6. The number of amides is 2. The van der Waals surface area contributed by atoms with Gasteiger partial charge in [0.2, 0.25) is 5.91 Å². The average molecular weight is 585 g/mol. The van der Waals surface area contributed by atoms with Crippen molar-refractivity contribution in [3.63, 3.8) is 0 Å². The van der Waals surface area contributed by atoms with Gasteiger partial charge < -0.3 is 25.8 Å². The first-order valence-corrected chi connectivity index (χ1v) is 15.3. The Kier molecular flexibility index (Phi) is 8.90. The smallest absolute Gasteiger partial charge is 0.409 e. The number of hydrogen-bond donors (Lipinski definition) is 3. The fourth-order valence-corrected chi connectivity index (χ4v) is 7.07. The predicted molar refractivity (Wildman–Crippen MR) is 169 cm³/mol. The minimum Gasteiger partial charge on any atom is -0.453 e. The summed E-state index contributed by atoms with van der Waals surface area (Å²) in [6.07, 6.45) is 6.52. The number of aliphatic hydroxyl groups is 1. The fourth-order valence-electron chi connectivity index (χ4n) is 7.07. The topological polar surface area (TPSA) is 118 Å². The molecule has 2 amide bonds. The molecule has 228 valence electrons. The Morgan fingerprint density at radius 2 is 1.65 bits per heavy atom. The van der Waals surface area contributed by atoms with Crippen LogP contribution in [0.25, 0.3) is 22.3 Å². The van der Waals surface area contributed by atoms with Crippen molar-refractivity contribution in [2.45, 2.75) is 88.9 Å². The van der Waals surface area contributed by atoms with Crippen LogP contribution in [0.15, 0.2) is 66.9 Å². The lowest BCUT2D eigenvalue weighted by molar-refractivity contribution is -0.117. The highest BCUT2D eigenvalue weighted by Crippen LogP contribution is 2.46. The van der Waals surface area contributed by atoms with E-state index in [4.69, 9.17) is 10.5 Å². The predicted octanol–water partition coefficient (Wildman–Crippen LogP) is 6.48. The molecule has 43 heavy (non-hydrogen) atoms. The molecule has 2 aliphatic carbocycles. The maximum atomic E-state index is 13.1. The third-order valence-electron chi connectivity index (χ3n) is 9.05. The quantitative estimate of drug-likeness (QED) is 0.279. The number of aromatic nitrogens is 1. The Morgan fingerprint density at radius 1 is 1.02 bits per heavy atom. The first-order valence-electron chi connectivity index (χ1n) is 15.3. The van der Waals surface area contributed by atoms with Gasteiger partial charge in [-0.15, -0.1) is 0 Å². The lowest BCUT2D eigenvalue weighted by Crippen LogP contribution is -2.58. The molecule has 0 unspecified atom stereocenters. The SMILES string of the molecule is COC(=O)N(C(C)C)C1CCC(CC(=O)Nc2cc(-c3ccccc3)c(-c3ccc(C4(N)CC(C)(O)C4)cc3)cn2)CC1. The minimum absolute atomic E-state index is 0.0506. The zero-order valence-electron chi connectivity index (χ0n) is 25.7. The Morgan fingerprint density at radius 3 is 2.23 bits per heavy atom. The third-order valence-corrected chi connectivity index (χ3v) is 9.05. The lowest BCUT2D eigenvalue weighted by atomic mass is 9.63. The van der Waals surface area contributed by atoms with Gasteiger partial charge in [0.25, 0.3) is 0 Å². The van der Waals surface area contributed by atoms with Crippen LogP contribution in [0, 0.1) is 5.92 Å². The van der Waals surface area contributed by atoms with Gasteiger partial charge in [-0.3, -0.25) is 4.79 Å². The molecule has 0 atom stereocenters. The van der Waals surface area contributed by atoms with Crippen molar-refractivity contribution < 1.29 is 19.4 Å². The number of nitrogens with one attached hydrogen (secondary N) is 1. The molecule has 0 saturated heterocycles. The van der Waals surface area contributed by atoms with Crippen molar-refractivity contribution in [3.8, 4) is 22.3 Å². The normalized spacial score (nSPS) is 25.1. The van der Waals surface area contributed by atoms with Gasteiger partial charge in [0.1, 0.15) is 5.82 Å². The largest absolute Gasteiger partial charge is 0.453 e. The van der Waals surface area contributed by atoms with E-state index < -0.39 is 11.1 Å². The van der Waals surface area contributed by atoms with E-state index in [0.717, 1.165) is 53.5 Å². The summed E-state index contributed by atoms with van der Waals surface area (Å²) in [5, 5.41) is 13.3. The highest BCUT2D eigenvalue weighted by atomic mass is 16.5. The monoisotopic (exact) mass is 584 g/mol. The van der Waals surface area contributed by atoms with E-state index >= 15 is 0 Å². The third kappa shape index (κ3) is 6.92. The number of pyridine rings is 1. The van der Waals surface area contributed by atoms with Crippen molar-refractivity contribution >= 4 is 17.8 Å². The number of nitrogens with zero attached hydrogens (tertiary/aromatic N) is 2. The molecule has 4 N–H and O–H groups in total. The van der Waals surface area contributed by atoms with Crippen LogP contribution in [0.5, 0.6) is 0 Å². The Balaban J connectivity index is 1.27. The first kappa shape index (κ1) is 30.7. The van der Waals surface area contributed by atoms with Crippen LogP contribution in [0.2, 0.25) is 0 Å². The second-order valence-electron chi connectivity index (χ2n) is 13.0. The fraction of sp³-hybridized carbons (Fsp3) is 0.457. The van der Waals surface area contributed by atoms with Crippen molar-refractivity contribution in [1.82, 2.24) is 9.88 Å². The van der Waals surface area contributed by atoms with Gasteiger partial charge in [0.05, 0.1) is 12.7 Å². The summed E-state index contributed by atoms with van der Waals surface area (Å²) in [5.74, 6) is 0.733. The zero-order valence-corrected chi connectivity index (χ0v) is 25.7. The first-order chi connectivity index (χ1) is 20.5. The Bertz CT molecular complexity index is 1420. The van der Waals surface area contributed by atoms with Gasteiger partial charge in [0.15, 0.2) is 0 Å². The van der Waals surface area contributed by atoms with E-state index in [1.807, 2.05) is 68.3 Å². The number of carbonyl (C=O) groups excluding carboxylic acids is 2. The molecule has 2 saturated carbocycles. The van der Waals surface area contributed by atoms with Crippen LogP contribution >= 0.6 is 0 Å². The molecule has 2 fully saturated rings. The standard InChI is InChI=1S/C35H44N4O4/c1-23(2)39(33(41)43-4)28-16-10-24(11-17-28)18-32(40)38-31-19-29(25-8-6-5-7-9-25)30(20-37-31)26-12-14-27(15-13-26)35(36)21-34(3,42)22-35/h5-9,12-15,19-20,23-24,28,42H,10-11,16-18,21-22,36H2,1-4H3,(H,37,38,40). The second kappa shape index (κ2) is 12.5. The summed E-state index contributed by atoms with van der Waals surface area (Å²) < 4.78 is 5.00. The molecule has 8 nitrogen and oxygen atoms in total. The molecular formula is C35H44N4O4. The van der Waals surface area contributed by atoms with Crippen molar-refractivity contribution in [3.05, 3.63) is 72.4 Å². The van der Waals surface area contributed by atoms with Gasteiger partial charge >= 0.3 is 6.09 Å². The molecule has 5 rings (SSSR count). The maximum Gasteiger partial charge on any atom is 0.409 e. The summed E-state index contributed by atoms with van der Waals surface area (Å²) in [5.41, 5.74) is 10.3. The van der Waals surface area contributed by atoms with Gasteiger partial charge in [-0.2, -0.15) is 0 Å². The van der Waals surface area contributed by atoms with Crippen LogP contribution in [0.3, 0.4) is 0 Å². The number of rotatable bonds is 8. The maximum absolute atomic E-state index is 13.1. The molecule has 8 heteroatoms. The molecule has 2 aromatic carbocycles. The number of nitrogens with two attached hydrogens (primary N) is 1. The highest BCUT2D eigenvalue weighted by molar-refractivity contribution is 5.92. The van der Waals surface area contributed by atoms with E-state index in [1.165, 1.54) is 7.11 Å². The number of ether oxygens (including phenoxy) is 1. The highest BCUT2D eigenvalue weighted by Gasteiger charge is 2.49. The molecule has 1 heterocycles. The van der Waals surface area contributed by atoms with E-state index in [9.17, 15) is 14.7 Å². The molecule has 0 spiro atoms. The summed E-state index contributed by atoms with van der Waals surface area (Å²) in [6, 6.07) is 20.4.